The van der Waals surface area contributed by atoms with Gasteiger partial charge in [-0.05, 0) is 91.8 Å². The van der Waals surface area contributed by atoms with Crippen molar-refractivity contribution in [3.05, 3.63) is 18.0 Å². The predicted molar refractivity (Wildman–Crippen MR) is 116 cm³/mol. The van der Waals surface area contributed by atoms with Crippen molar-refractivity contribution in [1.82, 2.24) is 9.78 Å². The first-order chi connectivity index (χ1) is 14.3. The summed E-state index contributed by atoms with van der Waals surface area (Å²) in [5, 5.41) is 13.3. The first-order valence-electron chi connectivity index (χ1n) is 12.3. The molecule has 0 radical (unpaired) electrons. The fourth-order valence-electron chi connectivity index (χ4n) is 8.78. The number of hydrogen-bond acceptors (Lipinski definition) is 3. The van der Waals surface area contributed by atoms with Gasteiger partial charge in [0.15, 0.2) is 5.78 Å². The Labute approximate surface area is 181 Å². The standard InChI is InChI=1S/C26H37N3O/c1-17-8-10-25(2)19(12-17)4-5-20-21-6-7-23(26(21,3)11-9-22(20)25)24(30)16-29-15-18(13-27)14-28-29/h14-15,17,19-23H,4-12,16H2,1-3H3/t17?,19?,20-,21?,22?,23?,25?,26-/m0/s1. The van der Waals surface area contributed by atoms with Crippen molar-refractivity contribution in [3.63, 3.8) is 0 Å². The molecule has 1 heterocycles. The number of hydrogen-bond donors (Lipinski definition) is 0. The second-order valence-corrected chi connectivity index (χ2v) is 11.7. The second kappa shape index (κ2) is 7.21. The van der Waals surface area contributed by atoms with Gasteiger partial charge < -0.3 is 0 Å². The molecule has 4 heteroatoms. The van der Waals surface area contributed by atoms with E-state index in [9.17, 15) is 4.79 Å². The Hall–Kier alpha value is -1.63. The van der Waals surface area contributed by atoms with E-state index in [-0.39, 0.29) is 11.3 Å². The second-order valence-electron chi connectivity index (χ2n) is 11.7. The molecule has 4 aliphatic rings. The minimum absolute atomic E-state index is 0.161. The monoisotopic (exact) mass is 407 g/mol. The molecule has 1 aromatic heterocycles. The number of ketones is 1. The van der Waals surface area contributed by atoms with Gasteiger partial charge in [-0.2, -0.15) is 10.4 Å². The largest absolute Gasteiger partial charge is 0.297 e. The van der Waals surface area contributed by atoms with Crippen molar-refractivity contribution in [2.24, 2.45) is 46.3 Å². The third kappa shape index (κ3) is 2.99. The van der Waals surface area contributed by atoms with Gasteiger partial charge in [-0.25, -0.2) is 0 Å². The average Bonchev–Trinajstić information content (AvgIpc) is 3.32. The molecule has 0 N–H and O–H groups in total. The topological polar surface area (TPSA) is 58.7 Å². The maximum atomic E-state index is 13.3. The maximum absolute atomic E-state index is 13.3. The molecule has 162 valence electrons. The summed E-state index contributed by atoms with van der Waals surface area (Å²) in [6.45, 7) is 7.84. The first-order valence-corrected chi connectivity index (χ1v) is 12.3. The highest BCUT2D eigenvalue weighted by Crippen LogP contribution is 2.67. The lowest BCUT2D eigenvalue weighted by Crippen LogP contribution is -2.53. The van der Waals surface area contributed by atoms with E-state index in [1.165, 1.54) is 51.4 Å². The van der Waals surface area contributed by atoms with E-state index in [1.807, 2.05) is 0 Å². The van der Waals surface area contributed by atoms with Crippen LogP contribution in [0.3, 0.4) is 0 Å². The summed E-state index contributed by atoms with van der Waals surface area (Å²) in [6, 6.07) is 2.11. The molecular weight excluding hydrogens is 370 g/mol. The Morgan fingerprint density at radius 3 is 2.67 bits per heavy atom. The van der Waals surface area contributed by atoms with Gasteiger partial charge in [0.25, 0.3) is 0 Å². The SMILES string of the molecule is CC1CCC2(C)C(CC[C@@H]3C2CC[C@]2(C)C(C(=O)Cn4cc(C#N)cn4)CCC32)C1. The number of carbonyl (C=O) groups excluding carboxylic acids is 1. The fraction of sp³-hybridized carbons (Fsp3) is 0.808. The molecule has 0 bridgehead atoms. The van der Waals surface area contributed by atoms with Crippen LogP contribution >= 0.6 is 0 Å². The van der Waals surface area contributed by atoms with Crippen LogP contribution in [0.5, 0.6) is 0 Å². The fourth-order valence-corrected chi connectivity index (χ4v) is 8.78. The van der Waals surface area contributed by atoms with Crippen molar-refractivity contribution in [2.45, 2.75) is 85.1 Å². The number of carbonyl (C=O) groups is 1. The van der Waals surface area contributed by atoms with Crippen molar-refractivity contribution in [2.75, 3.05) is 0 Å². The van der Waals surface area contributed by atoms with Crippen molar-refractivity contribution in [1.29, 1.82) is 5.26 Å². The molecular formula is C26H37N3O. The van der Waals surface area contributed by atoms with Crippen LogP contribution in [0.2, 0.25) is 0 Å². The molecule has 4 saturated carbocycles. The lowest BCUT2D eigenvalue weighted by molar-refractivity contribution is -0.137. The number of Topliss-reactive ketones (excluding diaryl/α,β-unsaturated/α-hetero) is 1. The van der Waals surface area contributed by atoms with Crippen LogP contribution in [0.4, 0.5) is 0 Å². The summed E-state index contributed by atoms with van der Waals surface area (Å²) in [6.07, 6.45) is 15.2. The van der Waals surface area contributed by atoms with Gasteiger partial charge in [-0.3, -0.25) is 9.48 Å². The zero-order valence-electron chi connectivity index (χ0n) is 18.9. The molecule has 0 spiro atoms. The smallest absolute Gasteiger partial charge is 0.157 e. The van der Waals surface area contributed by atoms with Crippen LogP contribution in [0, 0.1) is 57.7 Å². The molecule has 0 aliphatic heterocycles. The summed E-state index contributed by atoms with van der Waals surface area (Å²) in [5.74, 6) is 4.75. The first kappa shape index (κ1) is 20.3. The van der Waals surface area contributed by atoms with Gasteiger partial charge in [0.1, 0.15) is 6.07 Å². The Morgan fingerprint density at radius 1 is 1.13 bits per heavy atom. The lowest BCUT2D eigenvalue weighted by Gasteiger charge is -2.61. The summed E-state index contributed by atoms with van der Waals surface area (Å²) in [7, 11) is 0. The zero-order valence-corrected chi connectivity index (χ0v) is 18.9. The Bertz CT molecular complexity index is 868. The van der Waals surface area contributed by atoms with Crippen LogP contribution in [-0.4, -0.2) is 15.6 Å². The van der Waals surface area contributed by atoms with E-state index in [0.717, 1.165) is 36.0 Å². The number of fused-ring (bicyclic) bond motifs is 5. The third-order valence-electron chi connectivity index (χ3n) is 10.4. The van der Waals surface area contributed by atoms with E-state index in [1.54, 1.807) is 17.1 Å². The van der Waals surface area contributed by atoms with Crippen LogP contribution < -0.4 is 0 Å². The summed E-state index contributed by atoms with van der Waals surface area (Å²) >= 11 is 0. The van der Waals surface area contributed by atoms with Crippen LogP contribution in [0.25, 0.3) is 0 Å². The van der Waals surface area contributed by atoms with Crippen LogP contribution in [-0.2, 0) is 11.3 Å². The number of nitrogens with zero attached hydrogens (tertiary/aromatic N) is 3. The van der Waals surface area contributed by atoms with Crippen molar-refractivity contribution >= 4 is 5.78 Å². The molecule has 6 unspecified atom stereocenters. The van der Waals surface area contributed by atoms with E-state index < -0.39 is 0 Å². The quantitative estimate of drug-likeness (QED) is 0.653. The molecule has 0 saturated heterocycles. The van der Waals surface area contributed by atoms with Gasteiger partial charge >= 0.3 is 0 Å². The predicted octanol–water partition coefficient (Wildman–Crippen LogP) is 5.62. The van der Waals surface area contributed by atoms with Gasteiger partial charge in [0.2, 0.25) is 0 Å². The molecule has 0 amide bonds. The van der Waals surface area contributed by atoms with Gasteiger partial charge in [-0.1, -0.05) is 27.2 Å². The Morgan fingerprint density at radius 2 is 1.90 bits per heavy atom. The van der Waals surface area contributed by atoms with E-state index in [0.29, 0.717) is 23.3 Å². The average molecular weight is 408 g/mol. The molecule has 1 aromatic rings. The summed E-state index contributed by atoms with van der Waals surface area (Å²) in [5.41, 5.74) is 1.24. The number of rotatable bonds is 3. The Kier molecular flexibility index (Phi) is 4.88. The molecule has 5 rings (SSSR count). The van der Waals surface area contributed by atoms with Crippen molar-refractivity contribution in [3.8, 4) is 6.07 Å². The molecule has 4 aliphatic carbocycles. The van der Waals surface area contributed by atoms with Crippen LogP contribution in [0.15, 0.2) is 12.4 Å². The van der Waals surface area contributed by atoms with Crippen LogP contribution in [0.1, 0.15) is 84.1 Å². The highest BCUT2D eigenvalue weighted by atomic mass is 16.1. The normalized spacial score (nSPS) is 45.1. The number of aromatic nitrogens is 2. The highest BCUT2D eigenvalue weighted by Gasteiger charge is 2.60. The summed E-state index contributed by atoms with van der Waals surface area (Å²) in [4.78, 5) is 13.3. The molecule has 4 nitrogen and oxygen atoms in total. The lowest BCUT2D eigenvalue weighted by atomic mass is 9.44. The van der Waals surface area contributed by atoms with E-state index in [4.69, 9.17) is 5.26 Å². The molecule has 4 fully saturated rings. The van der Waals surface area contributed by atoms with Gasteiger partial charge in [-0.15, -0.1) is 0 Å². The van der Waals surface area contributed by atoms with E-state index in [2.05, 4.69) is 31.9 Å². The molecule has 0 aromatic carbocycles. The third-order valence-corrected chi connectivity index (χ3v) is 10.4. The number of nitriles is 1. The maximum Gasteiger partial charge on any atom is 0.157 e. The van der Waals surface area contributed by atoms with Crippen molar-refractivity contribution < 1.29 is 4.79 Å². The molecule has 30 heavy (non-hydrogen) atoms. The van der Waals surface area contributed by atoms with Gasteiger partial charge in [0.05, 0.1) is 18.3 Å². The van der Waals surface area contributed by atoms with Gasteiger partial charge in [0, 0.05) is 12.1 Å². The summed E-state index contributed by atoms with van der Waals surface area (Å²) < 4.78 is 1.67. The van der Waals surface area contributed by atoms with E-state index >= 15 is 0 Å². The minimum Gasteiger partial charge on any atom is -0.297 e. The Balaban J connectivity index is 1.34. The minimum atomic E-state index is 0.161. The molecule has 8 atom stereocenters. The zero-order chi connectivity index (χ0) is 21.1. The highest BCUT2D eigenvalue weighted by molar-refractivity contribution is 5.82.